The molecule has 1 amide bonds. The fraction of sp³-hybridized carbons (Fsp3) is 0.364. The number of rotatable bonds is 5. The highest BCUT2D eigenvalue weighted by atomic mass is 35.5. The van der Waals surface area contributed by atoms with Crippen LogP contribution in [-0.4, -0.2) is 26.0 Å². The van der Waals surface area contributed by atoms with Crippen LogP contribution in [0.4, 0.5) is 4.39 Å². The van der Waals surface area contributed by atoms with Gasteiger partial charge < -0.3 is 10.6 Å². The lowest BCUT2D eigenvalue weighted by Crippen LogP contribution is -2.27. The largest absolute Gasteiger partial charge is 0.352 e. The summed E-state index contributed by atoms with van der Waals surface area (Å²) in [5.41, 5.74) is 0.0221. The fourth-order valence-electron chi connectivity index (χ4n) is 1.24. The van der Waals surface area contributed by atoms with Crippen LogP contribution in [0.5, 0.6) is 0 Å². The molecule has 0 spiro atoms. The first-order chi connectivity index (χ1) is 7.65. The van der Waals surface area contributed by atoms with Crippen LogP contribution in [-0.2, 0) is 0 Å². The molecule has 0 atom stereocenters. The van der Waals surface area contributed by atoms with E-state index in [1.165, 1.54) is 12.1 Å². The zero-order valence-electron chi connectivity index (χ0n) is 9.02. The summed E-state index contributed by atoms with van der Waals surface area (Å²) in [5, 5.41) is 5.87. The van der Waals surface area contributed by atoms with E-state index in [1.807, 2.05) is 7.05 Å². The standard InChI is InChI=1S/C11H14ClFN2O/c1-14-5-2-6-15-11(16)9-4-3-8(12)7-10(9)13/h3-4,7,14H,2,5-6H2,1H3,(H,15,16). The third-order valence-electron chi connectivity index (χ3n) is 2.06. The second-order valence-electron chi connectivity index (χ2n) is 3.34. The Balaban J connectivity index is 2.53. The minimum absolute atomic E-state index is 0.0221. The molecule has 0 aliphatic carbocycles. The van der Waals surface area contributed by atoms with Gasteiger partial charge in [-0.25, -0.2) is 4.39 Å². The van der Waals surface area contributed by atoms with Gasteiger partial charge in [-0.2, -0.15) is 0 Å². The summed E-state index contributed by atoms with van der Waals surface area (Å²) >= 11 is 5.59. The lowest BCUT2D eigenvalue weighted by atomic mass is 10.2. The second kappa shape index (κ2) is 6.45. The number of amides is 1. The van der Waals surface area contributed by atoms with Crippen LogP contribution in [0.2, 0.25) is 5.02 Å². The smallest absolute Gasteiger partial charge is 0.254 e. The van der Waals surface area contributed by atoms with Crippen molar-refractivity contribution in [3.63, 3.8) is 0 Å². The normalized spacial score (nSPS) is 10.2. The molecular weight excluding hydrogens is 231 g/mol. The van der Waals surface area contributed by atoms with Gasteiger partial charge in [-0.05, 0) is 38.2 Å². The summed E-state index contributed by atoms with van der Waals surface area (Å²) < 4.78 is 13.3. The summed E-state index contributed by atoms with van der Waals surface area (Å²) in [6.45, 7) is 1.32. The van der Waals surface area contributed by atoms with E-state index in [1.54, 1.807) is 0 Å². The molecule has 0 fully saturated rings. The van der Waals surface area contributed by atoms with Gasteiger partial charge in [0.25, 0.3) is 5.91 Å². The topological polar surface area (TPSA) is 41.1 Å². The Labute approximate surface area is 99.0 Å². The lowest BCUT2D eigenvalue weighted by molar-refractivity contribution is 0.0949. The number of hydrogen-bond acceptors (Lipinski definition) is 2. The van der Waals surface area contributed by atoms with Crippen molar-refractivity contribution in [3.05, 3.63) is 34.6 Å². The van der Waals surface area contributed by atoms with Crippen molar-refractivity contribution in [1.82, 2.24) is 10.6 Å². The molecule has 5 heteroatoms. The van der Waals surface area contributed by atoms with Crippen LogP contribution in [0.25, 0.3) is 0 Å². The van der Waals surface area contributed by atoms with Crippen molar-refractivity contribution in [2.45, 2.75) is 6.42 Å². The molecule has 0 aromatic heterocycles. The molecule has 2 N–H and O–H groups in total. The van der Waals surface area contributed by atoms with Gasteiger partial charge in [0.15, 0.2) is 0 Å². The molecule has 1 aromatic rings. The predicted octanol–water partition coefficient (Wildman–Crippen LogP) is 1.82. The van der Waals surface area contributed by atoms with Crippen LogP contribution in [0.15, 0.2) is 18.2 Å². The number of carbonyl (C=O) groups is 1. The summed E-state index contributed by atoms with van der Waals surface area (Å²) in [6.07, 6.45) is 0.803. The average Bonchev–Trinajstić information content (AvgIpc) is 2.24. The summed E-state index contributed by atoms with van der Waals surface area (Å²) in [7, 11) is 1.83. The number of hydrogen-bond donors (Lipinski definition) is 2. The molecular formula is C11H14ClFN2O. The number of carbonyl (C=O) groups excluding carboxylic acids is 1. The first-order valence-corrected chi connectivity index (χ1v) is 5.41. The maximum atomic E-state index is 13.3. The Morgan fingerprint density at radius 1 is 1.44 bits per heavy atom. The van der Waals surface area contributed by atoms with E-state index < -0.39 is 11.7 Å². The Bertz CT molecular complexity index is 371. The summed E-state index contributed by atoms with van der Waals surface area (Å²) in [4.78, 5) is 11.5. The Morgan fingerprint density at radius 3 is 2.81 bits per heavy atom. The van der Waals surface area contributed by atoms with E-state index >= 15 is 0 Å². The number of nitrogens with one attached hydrogen (secondary N) is 2. The Hall–Kier alpha value is -1.13. The molecule has 3 nitrogen and oxygen atoms in total. The molecule has 0 heterocycles. The van der Waals surface area contributed by atoms with E-state index in [0.29, 0.717) is 6.54 Å². The van der Waals surface area contributed by atoms with Gasteiger partial charge in [-0.3, -0.25) is 4.79 Å². The molecule has 88 valence electrons. The summed E-state index contributed by atoms with van der Waals surface area (Å²) in [6, 6.07) is 4.00. The maximum absolute atomic E-state index is 13.3. The van der Waals surface area contributed by atoms with E-state index in [2.05, 4.69) is 10.6 Å². The van der Waals surface area contributed by atoms with Gasteiger partial charge in [-0.1, -0.05) is 11.6 Å². The van der Waals surface area contributed by atoms with Crippen molar-refractivity contribution in [2.75, 3.05) is 20.1 Å². The molecule has 0 radical (unpaired) electrons. The number of benzene rings is 1. The molecule has 0 unspecified atom stereocenters. The van der Waals surface area contributed by atoms with Gasteiger partial charge in [0.1, 0.15) is 5.82 Å². The molecule has 1 aromatic carbocycles. The SMILES string of the molecule is CNCCCNC(=O)c1ccc(Cl)cc1F. The fourth-order valence-corrected chi connectivity index (χ4v) is 1.39. The molecule has 0 saturated carbocycles. The van der Waals surface area contributed by atoms with Crippen LogP contribution >= 0.6 is 11.6 Å². The van der Waals surface area contributed by atoms with Crippen molar-refractivity contribution in [2.24, 2.45) is 0 Å². The van der Waals surface area contributed by atoms with Crippen molar-refractivity contribution >= 4 is 17.5 Å². The van der Waals surface area contributed by atoms with Gasteiger partial charge in [0.2, 0.25) is 0 Å². The third kappa shape index (κ3) is 3.79. The van der Waals surface area contributed by atoms with E-state index in [9.17, 15) is 9.18 Å². The first kappa shape index (κ1) is 12.9. The van der Waals surface area contributed by atoms with Gasteiger partial charge in [-0.15, -0.1) is 0 Å². The van der Waals surface area contributed by atoms with Crippen molar-refractivity contribution in [1.29, 1.82) is 0 Å². The highest BCUT2D eigenvalue weighted by molar-refractivity contribution is 6.30. The lowest BCUT2D eigenvalue weighted by Gasteiger charge is -2.06. The second-order valence-corrected chi connectivity index (χ2v) is 3.77. The molecule has 0 saturated heterocycles. The van der Waals surface area contributed by atoms with Crippen LogP contribution in [0, 0.1) is 5.82 Å². The minimum Gasteiger partial charge on any atom is -0.352 e. The maximum Gasteiger partial charge on any atom is 0.254 e. The molecule has 1 rings (SSSR count). The van der Waals surface area contributed by atoms with Gasteiger partial charge in [0, 0.05) is 11.6 Å². The Kier molecular flexibility index (Phi) is 5.22. The zero-order valence-corrected chi connectivity index (χ0v) is 9.77. The number of halogens is 2. The van der Waals surface area contributed by atoms with Gasteiger partial charge >= 0.3 is 0 Å². The van der Waals surface area contributed by atoms with E-state index in [4.69, 9.17) is 11.6 Å². The van der Waals surface area contributed by atoms with Crippen molar-refractivity contribution in [3.8, 4) is 0 Å². The first-order valence-electron chi connectivity index (χ1n) is 5.03. The molecule has 0 aliphatic heterocycles. The molecule has 0 bridgehead atoms. The average molecular weight is 245 g/mol. The molecule has 16 heavy (non-hydrogen) atoms. The monoisotopic (exact) mass is 244 g/mol. The van der Waals surface area contributed by atoms with Crippen molar-refractivity contribution < 1.29 is 9.18 Å². The van der Waals surface area contributed by atoms with Crippen LogP contribution in [0.1, 0.15) is 16.8 Å². The third-order valence-corrected chi connectivity index (χ3v) is 2.30. The summed E-state index contributed by atoms with van der Waals surface area (Å²) in [5.74, 6) is -1.01. The van der Waals surface area contributed by atoms with Gasteiger partial charge in [0.05, 0.1) is 5.56 Å². The quantitative estimate of drug-likeness (QED) is 0.776. The minimum atomic E-state index is -0.599. The highest BCUT2D eigenvalue weighted by Gasteiger charge is 2.10. The molecule has 0 aliphatic rings. The highest BCUT2D eigenvalue weighted by Crippen LogP contribution is 2.14. The van der Waals surface area contributed by atoms with Crippen LogP contribution < -0.4 is 10.6 Å². The predicted molar refractivity (Wildman–Crippen MR) is 62.3 cm³/mol. The van der Waals surface area contributed by atoms with Crippen LogP contribution in [0.3, 0.4) is 0 Å². The Morgan fingerprint density at radius 2 is 2.19 bits per heavy atom. The zero-order chi connectivity index (χ0) is 12.0. The van der Waals surface area contributed by atoms with E-state index in [0.717, 1.165) is 19.0 Å². The van der Waals surface area contributed by atoms with E-state index in [-0.39, 0.29) is 10.6 Å².